The molecule has 2 unspecified atom stereocenters. The fourth-order valence-electron chi connectivity index (χ4n) is 4.15. The molecular weight excluding hydrogens is 310 g/mol. The number of aliphatic hydroxyl groups excluding tert-OH is 1. The first-order valence-electron chi connectivity index (χ1n) is 9.36. The highest BCUT2D eigenvalue weighted by Gasteiger charge is 2.30. The van der Waals surface area contributed by atoms with Crippen molar-refractivity contribution in [1.29, 1.82) is 0 Å². The third-order valence-corrected chi connectivity index (χ3v) is 5.63. The number of β-amino-alcohol motifs (C(OH)–C–C–N with tert-alkyl or cyclic N) is 1. The SMILES string of the molecule is CC1CCCN(CC(O)COC2CCC(C(C)(C)C)CC2)C1.[Cl-]. The van der Waals surface area contributed by atoms with Crippen LogP contribution in [0.3, 0.4) is 0 Å². The monoisotopic (exact) mass is 346 g/mol. The molecule has 0 radical (unpaired) electrons. The maximum Gasteiger partial charge on any atom is 0.0900 e. The van der Waals surface area contributed by atoms with E-state index in [0.29, 0.717) is 18.1 Å². The molecule has 1 aliphatic carbocycles. The van der Waals surface area contributed by atoms with Crippen molar-refractivity contribution in [2.24, 2.45) is 17.3 Å². The molecule has 0 amide bonds. The molecule has 2 atom stereocenters. The van der Waals surface area contributed by atoms with Crippen LogP contribution >= 0.6 is 0 Å². The summed E-state index contributed by atoms with van der Waals surface area (Å²) >= 11 is 0. The summed E-state index contributed by atoms with van der Waals surface area (Å²) in [5.41, 5.74) is 0.426. The molecule has 23 heavy (non-hydrogen) atoms. The van der Waals surface area contributed by atoms with E-state index in [1.54, 1.807) is 0 Å². The van der Waals surface area contributed by atoms with Crippen molar-refractivity contribution in [2.75, 3.05) is 26.2 Å². The van der Waals surface area contributed by atoms with E-state index in [4.69, 9.17) is 4.74 Å². The Kier molecular flexibility index (Phi) is 8.85. The maximum absolute atomic E-state index is 10.2. The number of ether oxygens (including phenoxy) is 1. The summed E-state index contributed by atoms with van der Waals surface area (Å²) in [6, 6.07) is 0. The van der Waals surface area contributed by atoms with E-state index in [9.17, 15) is 5.11 Å². The lowest BCUT2D eigenvalue weighted by Crippen LogP contribution is -3.00. The second kappa shape index (κ2) is 9.60. The predicted octanol–water partition coefficient (Wildman–Crippen LogP) is 0.705. The summed E-state index contributed by atoms with van der Waals surface area (Å²) < 4.78 is 6.00. The van der Waals surface area contributed by atoms with Crippen LogP contribution in [0.15, 0.2) is 0 Å². The van der Waals surface area contributed by atoms with Crippen LogP contribution in [0.2, 0.25) is 0 Å². The highest BCUT2D eigenvalue weighted by molar-refractivity contribution is 4.81. The number of aliphatic hydroxyl groups is 1. The smallest absolute Gasteiger partial charge is 0.0900 e. The third kappa shape index (κ3) is 7.29. The van der Waals surface area contributed by atoms with Gasteiger partial charge in [0.05, 0.1) is 18.8 Å². The first-order chi connectivity index (χ1) is 10.3. The van der Waals surface area contributed by atoms with Gasteiger partial charge in [-0.2, -0.15) is 0 Å². The van der Waals surface area contributed by atoms with Gasteiger partial charge in [0.1, 0.15) is 0 Å². The number of halogens is 1. The number of rotatable bonds is 5. The van der Waals surface area contributed by atoms with Crippen LogP contribution in [0.25, 0.3) is 0 Å². The zero-order valence-electron chi connectivity index (χ0n) is 15.6. The minimum atomic E-state index is -0.328. The van der Waals surface area contributed by atoms with Gasteiger partial charge in [0.15, 0.2) is 0 Å². The molecule has 138 valence electrons. The molecule has 4 heteroatoms. The van der Waals surface area contributed by atoms with Crippen LogP contribution in [0.5, 0.6) is 0 Å². The van der Waals surface area contributed by atoms with Crippen molar-refractivity contribution in [1.82, 2.24) is 4.90 Å². The molecule has 0 spiro atoms. The molecule has 2 aliphatic rings. The van der Waals surface area contributed by atoms with Crippen LogP contribution in [-0.4, -0.2) is 48.5 Å². The maximum atomic E-state index is 10.2. The summed E-state index contributed by atoms with van der Waals surface area (Å²) in [4.78, 5) is 2.40. The summed E-state index contributed by atoms with van der Waals surface area (Å²) in [7, 11) is 0. The van der Waals surface area contributed by atoms with Gasteiger partial charge in [-0.25, -0.2) is 0 Å². The average molecular weight is 347 g/mol. The zero-order valence-corrected chi connectivity index (χ0v) is 16.3. The highest BCUT2D eigenvalue weighted by atomic mass is 35.5. The second-order valence-electron chi connectivity index (χ2n) is 8.83. The molecule has 1 heterocycles. The quantitative estimate of drug-likeness (QED) is 0.795. The lowest BCUT2D eigenvalue weighted by Gasteiger charge is -2.37. The molecule has 2 fully saturated rings. The number of hydrogen-bond donors (Lipinski definition) is 1. The van der Waals surface area contributed by atoms with Gasteiger partial charge in [0.2, 0.25) is 0 Å². The Hall–Kier alpha value is 0.170. The van der Waals surface area contributed by atoms with Gasteiger partial charge in [-0.05, 0) is 62.3 Å². The molecule has 0 aromatic heterocycles. The Morgan fingerprint density at radius 2 is 1.78 bits per heavy atom. The van der Waals surface area contributed by atoms with E-state index in [1.807, 2.05) is 0 Å². The zero-order chi connectivity index (χ0) is 16.2. The lowest BCUT2D eigenvalue weighted by molar-refractivity contribution is -0.0466. The molecule has 2 rings (SSSR count). The molecule has 3 nitrogen and oxygen atoms in total. The standard InChI is InChI=1S/C19H37NO2.ClH/c1-15-6-5-11-20(12-15)13-17(21)14-22-18-9-7-16(8-10-18)19(2,3)4;/h15-18,21H,5-14H2,1-4H3;1H/p-1. The minimum absolute atomic E-state index is 0. The molecule has 0 aromatic carbocycles. The van der Waals surface area contributed by atoms with Crippen molar-refractivity contribution >= 4 is 0 Å². The fraction of sp³-hybridized carbons (Fsp3) is 1.00. The Labute approximate surface area is 149 Å². The van der Waals surface area contributed by atoms with Crippen molar-refractivity contribution in [2.45, 2.75) is 78.4 Å². The van der Waals surface area contributed by atoms with Crippen LogP contribution in [0, 0.1) is 17.3 Å². The molecule has 0 bridgehead atoms. The Morgan fingerprint density at radius 1 is 1.13 bits per heavy atom. The van der Waals surface area contributed by atoms with E-state index in [1.165, 1.54) is 25.7 Å². The first kappa shape index (κ1) is 21.2. The summed E-state index contributed by atoms with van der Waals surface area (Å²) in [5, 5.41) is 10.2. The second-order valence-corrected chi connectivity index (χ2v) is 8.83. The molecule has 1 saturated heterocycles. The molecule has 1 N–H and O–H groups in total. The van der Waals surface area contributed by atoms with Gasteiger partial charge in [0.25, 0.3) is 0 Å². The Bertz CT molecular complexity index is 324. The average Bonchev–Trinajstić information content (AvgIpc) is 2.45. The van der Waals surface area contributed by atoms with Gasteiger partial charge in [0, 0.05) is 13.1 Å². The van der Waals surface area contributed by atoms with E-state index >= 15 is 0 Å². The predicted molar refractivity (Wildman–Crippen MR) is 92.0 cm³/mol. The fourth-order valence-corrected chi connectivity index (χ4v) is 4.15. The first-order valence-corrected chi connectivity index (χ1v) is 9.36. The van der Waals surface area contributed by atoms with Crippen LogP contribution in [0.4, 0.5) is 0 Å². The molecule has 1 aliphatic heterocycles. The van der Waals surface area contributed by atoms with E-state index in [-0.39, 0.29) is 18.5 Å². The van der Waals surface area contributed by atoms with Gasteiger partial charge in [-0.1, -0.05) is 27.7 Å². The van der Waals surface area contributed by atoms with E-state index in [0.717, 1.165) is 44.3 Å². The topological polar surface area (TPSA) is 32.7 Å². The van der Waals surface area contributed by atoms with E-state index < -0.39 is 0 Å². The van der Waals surface area contributed by atoms with Crippen molar-refractivity contribution < 1.29 is 22.3 Å². The molecule has 0 aromatic rings. The minimum Gasteiger partial charge on any atom is -1.00 e. The van der Waals surface area contributed by atoms with Crippen molar-refractivity contribution in [3.8, 4) is 0 Å². The largest absolute Gasteiger partial charge is 1.00 e. The summed E-state index contributed by atoms with van der Waals surface area (Å²) in [6.45, 7) is 12.9. The lowest BCUT2D eigenvalue weighted by atomic mass is 9.72. The van der Waals surface area contributed by atoms with Gasteiger partial charge >= 0.3 is 0 Å². The Morgan fingerprint density at radius 3 is 2.35 bits per heavy atom. The third-order valence-electron chi connectivity index (χ3n) is 5.63. The van der Waals surface area contributed by atoms with Crippen molar-refractivity contribution in [3.63, 3.8) is 0 Å². The van der Waals surface area contributed by atoms with Gasteiger partial charge < -0.3 is 27.2 Å². The number of nitrogens with zero attached hydrogens (tertiary/aromatic N) is 1. The summed E-state index contributed by atoms with van der Waals surface area (Å²) in [6.07, 6.45) is 7.51. The molecular formula is C19H37ClNO2-. The van der Waals surface area contributed by atoms with Gasteiger partial charge in [-0.3, -0.25) is 0 Å². The van der Waals surface area contributed by atoms with Crippen LogP contribution in [0.1, 0.15) is 66.2 Å². The molecule has 1 saturated carbocycles. The van der Waals surface area contributed by atoms with E-state index in [2.05, 4.69) is 32.6 Å². The summed E-state index contributed by atoms with van der Waals surface area (Å²) in [5.74, 6) is 1.60. The highest BCUT2D eigenvalue weighted by Crippen LogP contribution is 2.38. The van der Waals surface area contributed by atoms with Gasteiger partial charge in [-0.15, -0.1) is 0 Å². The number of likely N-dealkylation sites (tertiary alicyclic amines) is 1. The van der Waals surface area contributed by atoms with Crippen LogP contribution < -0.4 is 12.4 Å². The van der Waals surface area contributed by atoms with Crippen molar-refractivity contribution in [3.05, 3.63) is 0 Å². The number of piperidine rings is 1. The normalized spacial score (nSPS) is 31.4. The number of hydrogen-bond acceptors (Lipinski definition) is 3. The van der Waals surface area contributed by atoms with Crippen LogP contribution in [-0.2, 0) is 4.74 Å². The Balaban J connectivity index is 0.00000264.